The number of benzene rings is 1. The molecule has 1 aromatic heterocycles. The van der Waals surface area contributed by atoms with E-state index in [0.29, 0.717) is 19.2 Å². The molecule has 0 bridgehead atoms. The van der Waals surface area contributed by atoms with Gasteiger partial charge in [-0.3, -0.25) is 9.89 Å². The van der Waals surface area contributed by atoms with Gasteiger partial charge in [0.25, 0.3) is 0 Å². The highest BCUT2D eigenvalue weighted by Crippen LogP contribution is 2.25. The molecule has 0 saturated heterocycles. The third kappa shape index (κ3) is 5.23. The van der Waals surface area contributed by atoms with Gasteiger partial charge in [-0.2, -0.15) is 0 Å². The van der Waals surface area contributed by atoms with Crippen LogP contribution < -0.4 is 15.4 Å². The van der Waals surface area contributed by atoms with Crippen molar-refractivity contribution in [2.45, 2.75) is 39.4 Å². The normalized spacial score (nSPS) is 15.9. The largest absolute Gasteiger partial charge is 0.494 e. The van der Waals surface area contributed by atoms with Gasteiger partial charge in [-0.1, -0.05) is 18.2 Å². The number of nitrogens with zero attached hydrogens (tertiary/aromatic N) is 2. The Morgan fingerprint density at radius 2 is 2.15 bits per heavy atom. The van der Waals surface area contributed by atoms with Crippen LogP contribution in [0.4, 0.5) is 0 Å². The summed E-state index contributed by atoms with van der Waals surface area (Å²) in [5.41, 5.74) is 2.63. The lowest BCUT2D eigenvalue weighted by molar-refractivity contribution is 0.192. The molecule has 5 nitrogen and oxygen atoms in total. The topological polar surface area (TPSA) is 48.9 Å². The lowest BCUT2D eigenvalue weighted by atomic mass is 10.1. The van der Waals surface area contributed by atoms with Crippen LogP contribution in [-0.2, 0) is 19.5 Å². The quantitative estimate of drug-likeness (QED) is 0.566. The fraction of sp³-hybridized carbons (Fsp3) is 0.476. The van der Waals surface area contributed by atoms with E-state index in [2.05, 4.69) is 45.0 Å². The third-order valence-electron chi connectivity index (χ3n) is 4.97. The molecule has 1 aromatic carbocycles. The van der Waals surface area contributed by atoms with Crippen LogP contribution in [-0.4, -0.2) is 43.6 Å². The number of guanidine groups is 1. The van der Waals surface area contributed by atoms with Crippen LogP contribution in [0, 0.1) is 0 Å². The number of hydrogen-bond acceptors (Lipinski definition) is 4. The van der Waals surface area contributed by atoms with E-state index in [0.717, 1.165) is 36.9 Å². The molecule has 2 heterocycles. The summed E-state index contributed by atoms with van der Waals surface area (Å²) < 4.78 is 5.70. The zero-order valence-corrected chi connectivity index (χ0v) is 17.3. The maximum absolute atomic E-state index is 5.70. The second kappa shape index (κ2) is 9.76. The van der Waals surface area contributed by atoms with Crippen molar-refractivity contribution >= 4 is 17.3 Å². The molecule has 0 fully saturated rings. The minimum atomic E-state index is 0.451. The van der Waals surface area contributed by atoms with E-state index < -0.39 is 0 Å². The molecule has 6 heteroatoms. The van der Waals surface area contributed by atoms with Crippen LogP contribution in [0.2, 0.25) is 0 Å². The van der Waals surface area contributed by atoms with Gasteiger partial charge >= 0.3 is 0 Å². The number of ether oxygens (including phenoxy) is 1. The summed E-state index contributed by atoms with van der Waals surface area (Å²) in [5.74, 6) is 1.75. The van der Waals surface area contributed by atoms with Crippen LogP contribution in [0.3, 0.4) is 0 Å². The Morgan fingerprint density at radius 1 is 1.30 bits per heavy atom. The first kappa shape index (κ1) is 19.7. The molecular weight excluding hydrogens is 356 g/mol. The molecule has 0 spiro atoms. The van der Waals surface area contributed by atoms with Gasteiger partial charge in [0.15, 0.2) is 5.96 Å². The van der Waals surface area contributed by atoms with Crippen molar-refractivity contribution < 1.29 is 4.74 Å². The van der Waals surface area contributed by atoms with Crippen molar-refractivity contribution in [1.29, 1.82) is 0 Å². The Labute approximate surface area is 166 Å². The van der Waals surface area contributed by atoms with Crippen molar-refractivity contribution in [2.24, 2.45) is 4.99 Å². The molecule has 0 amide bonds. The number of aliphatic imine (C=N–C) groups is 1. The monoisotopic (exact) mass is 386 g/mol. The maximum atomic E-state index is 5.70. The average Bonchev–Trinajstić information content (AvgIpc) is 3.17. The molecule has 0 saturated carbocycles. The van der Waals surface area contributed by atoms with Crippen molar-refractivity contribution in [3.63, 3.8) is 0 Å². The molecule has 27 heavy (non-hydrogen) atoms. The lowest BCUT2D eigenvalue weighted by Gasteiger charge is -2.32. The van der Waals surface area contributed by atoms with Crippen molar-refractivity contribution in [3.8, 4) is 5.75 Å². The van der Waals surface area contributed by atoms with Crippen LogP contribution >= 0.6 is 11.3 Å². The Morgan fingerprint density at radius 3 is 2.96 bits per heavy atom. The summed E-state index contributed by atoms with van der Waals surface area (Å²) in [7, 11) is 1.81. The van der Waals surface area contributed by atoms with Gasteiger partial charge in [-0.15, -0.1) is 11.3 Å². The van der Waals surface area contributed by atoms with Crippen LogP contribution in [0.1, 0.15) is 29.9 Å². The van der Waals surface area contributed by atoms with Crippen molar-refractivity contribution in [2.75, 3.05) is 26.7 Å². The summed E-state index contributed by atoms with van der Waals surface area (Å²) in [6.45, 7) is 8.69. The summed E-state index contributed by atoms with van der Waals surface area (Å²) in [5, 5.41) is 9.07. The fourth-order valence-electron chi connectivity index (χ4n) is 3.37. The summed E-state index contributed by atoms with van der Waals surface area (Å²) in [6, 6.07) is 10.8. The van der Waals surface area contributed by atoms with Crippen LogP contribution in [0.25, 0.3) is 0 Å². The predicted octanol–water partition coefficient (Wildman–Crippen LogP) is 3.26. The molecule has 0 radical (unpaired) electrons. The number of fused-ring (bicyclic) bond motifs is 1. The average molecular weight is 387 g/mol. The molecule has 2 aromatic rings. The minimum Gasteiger partial charge on any atom is -0.494 e. The molecule has 1 aliphatic heterocycles. The molecule has 1 atom stereocenters. The zero-order valence-electron chi connectivity index (χ0n) is 16.5. The van der Waals surface area contributed by atoms with Gasteiger partial charge in [0.05, 0.1) is 6.61 Å². The van der Waals surface area contributed by atoms with E-state index in [4.69, 9.17) is 4.74 Å². The lowest BCUT2D eigenvalue weighted by Crippen LogP contribution is -2.47. The van der Waals surface area contributed by atoms with Gasteiger partial charge in [0, 0.05) is 49.7 Å². The first-order valence-electron chi connectivity index (χ1n) is 9.65. The van der Waals surface area contributed by atoms with E-state index in [-0.39, 0.29) is 0 Å². The van der Waals surface area contributed by atoms with Crippen molar-refractivity contribution in [3.05, 3.63) is 51.7 Å². The fourth-order valence-corrected chi connectivity index (χ4v) is 4.26. The van der Waals surface area contributed by atoms with Gasteiger partial charge < -0.3 is 15.4 Å². The highest BCUT2D eigenvalue weighted by molar-refractivity contribution is 7.10. The van der Waals surface area contributed by atoms with Gasteiger partial charge in [-0.05, 0) is 43.3 Å². The van der Waals surface area contributed by atoms with Gasteiger partial charge in [-0.25, -0.2) is 0 Å². The second-order valence-corrected chi connectivity index (χ2v) is 7.79. The zero-order chi connectivity index (χ0) is 19.1. The molecule has 1 aliphatic rings. The smallest absolute Gasteiger partial charge is 0.191 e. The molecule has 0 aliphatic carbocycles. The molecule has 3 rings (SSSR count). The number of nitrogens with one attached hydrogen (secondary N) is 2. The number of rotatable bonds is 7. The molecule has 1 unspecified atom stereocenters. The Kier molecular flexibility index (Phi) is 7.12. The van der Waals surface area contributed by atoms with Crippen molar-refractivity contribution in [1.82, 2.24) is 15.5 Å². The Hall–Kier alpha value is -2.05. The standard InChI is InChI=1S/C21H30N4OS/c1-4-26-19-8-6-5-7-17(19)14-24-21(22-3)23-13-16(2)25-11-9-20-18(15-25)10-12-27-20/h5-8,10,12,16H,4,9,11,13-15H2,1-3H3,(H2,22,23,24). The number of para-hydroxylation sites is 1. The van der Waals surface area contributed by atoms with Gasteiger partial charge in [0.1, 0.15) is 5.75 Å². The Bertz CT molecular complexity index is 758. The highest BCUT2D eigenvalue weighted by atomic mass is 32.1. The summed E-state index contributed by atoms with van der Waals surface area (Å²) in [6.07, 6.45) is 1.17. The molecular formula is C21H30N4OS. The molecule has 2 N–H and O–H groups in total. The summed E-state index contributed by atoms with van der Waals surface area (Å²) >= 11 is 1.89. The maximum Gasteiger partial charge on any atom is 0.191 e. The van der Waals surface area contributed by atoms with Crippen LogP contribution in [0.5, 0.6) is 5.75 Å². The van der Waals surface area contributed by atoms with Gasteiger partial charge in [0.2, 0.25) is 0 Å². The van der Waals surface area contributed by atoms with E-state index in [1.807, 2.05) is 43.5 Å². The minimum absolute atomic E-state index is 0.451. The highest BCUT2D eigenvalue weighted by Gasteiger charge is 2.21. The van der Waals surface area contributed by atoms with Crippen LogP contribution in [0.15, 0.2) is 40.7 Å². The first-order valence-corrected chi connectivity index (χ1v) is 10.5. The molecule has 146 valence electrons. The first-order chi connectivity index (χ1) is 13.2. The van der Waals surface area contributed by atoms with E-state index in [1.165, 1.54) is 12.0 Å². The SMILES string of the molecule is CCOc1ccccc1CNC(=NC)NCC(C)N1CCc2sccc2C1. The predicted molar refractivity (Wildman–Crippen MR) is 114 cm³/mol. The van der Waals surface area contributed by atoms with E-state index in [9.17, 15) is 0 Å². The van der Waals surface area contributed by atoms with E-state index >= 15 is 0 Å². The summed E-state index contributed by atoms with van der Waals surface area (Å²) in [4.78, 5) is 8.45. The number of hydrogen-bond donors (Lipinski definition) is 2. The number of thiophene rings is 1. The Balaban J connectivity index is 1.48. The third-order valence-corrected chi connectivity index (χ3v) is 5.99. The second-order valence-electron chi connectivity index (χ2n) is 6.79. The van der Waals surface area contributed by atoms with E-state index in [1.54, 1.807) is 4.88 Å².